The van der Waals surface area contributed by atoms with E-state index in [0.717, 1.165) is 44.8 Å². The fourth-order valence-electron chi connectivity index (χ4n) is 3.53. The molecular formula is C28H50O5W. The predicted octanol–water partition coefficient (Wildman–Crippen LogP) is 6.58. The van der Waals surface area contributed by atoms with E-state index < -0.39 is 0 Å². The maximum Gasteiger partial charge on any atom is 0.143 e. The fourth-order valence-corrected chi connectivity index (χ4v) is 3.53. The summed E-state index contributed by atoms with van der Waals surface area (Å²) in [6, 6.07) is 10.0. The summed E-state index contributed by atoms with van der Waals surface area (Å²) in [4.78, 5) is 10.1. The maximum absolute atomic E-state index is 10.1. The zero-order valence-electron chi connectivity index (χ0n) is 21.5. The molecule has 5 nitrogen and oxygen atoms in total. The zero-order valence-corrected chi connectivity index (χ0v) is 24.4. The number of hydrogen-bond acceptors (Lipinski definition) is 5. The SMILES string of the molecule is CCCCCCCC(O)CCCCCCCCC=O.OCOCCCOCc1ccccc1.[W]. The van der Waals surface area contributed by atoms with Gasteiger partial charge in [0.2, 0.25) is 0 Å². The molecule has 0 spiro atoms. The first-order chi connectivity index (χ1) is 16.2. The largest absolute Gasteiger partial charge is 0.393 e. The van der Waals surface area contributed by atoms with Gasteiger partial charge < -0.3 is 24.5 Å². The first-order valence-corrected chi connectivity index (χ1v) is 13.2. The van der Waals surface area contributed by atoms with Crippen molar-refractivity contribution in [2.45, 2.75) is 116 Å². The van der Waals surface area contributed by atoms with Crippen molar-refractivity contribution in [2.24, 2.45) is 0 Å². The van der Waals surface area contributed by atoms with Crippen molar-refractivity contribution < 1.29 is 45.5 Å². The Morgan fingerprint density at radius 2 is 1.35 bits per heavy atom. The second-order valence-electron chi connectivity index (χ2n) is 8.65. The Bertz CT molecular complexity index is 501. The van der Waals surface area contributed by atoms with Crippen molar-refractivity contribution in [3.8, 4) is 0 Å². The first kappa shape index (κ1) is 35.6. The molecule has 0 heterocycles. The van der Waals surface area contributed by atoms with E-state index in [1.165, 1.54) is 63.4 Å². The van der Waals surface area contributed by atoms with Crippen LogP contribution in [0.2, 0.25) is 0 Å². The van der Waals surface area contributed by atoms with Crippen LogP contribution < -0.4 is 0 Å². The third-order valence-corrected chi connectivity index (χ3v) is 5.53. The zero-order chi connectivity index (χ0) is 24.2. The summed E-state index contributed by atoms with van der Waals surface area (Å²) < 4.78 is 10.2. The number of hydrogen-bond donors (Lipinski definition) is 2. The van der Waals surface area contributed by atoms with Crippen LogP contribution in [0.15, 0.2) is 30.3 Å². The Kier molecular flexibility index (Phi) is 31.9. The first-order valence-electron chi connectivity index (χ1n) is 13.2. The summed E-state index contributed by atoms with van der Waals surface area (Å²) in [6.07, 6.45) is 17.9. The van der Waals surface area contributed by atoms with E-state index in [1.807, 2.05) is 30.3 Å². The van der Waals surface area contributed by atoms with Crippen LogP contribution in [0.3, 0.4) is 0 Å². The second kappa shape index (κ2) is 30.4. The van der Waals surface area contributed by atoms with E-state index in [2.05, 4.69) is 6.92 Å². The third kappa shape index (κ3) is 27.7. The molecule has 0 aliphatic carbocycles. The molecular weight excluding hydrogens is 600 g/mol. The van der Waals surface area contributed by atoms with Crippen molar-refractivity contribution in [2.75, 3.05) is 20.0 Å². The minimum atomic E-state index is -0.210. The van der Waals surface area contributed by atoms with Crippen LogP contribution in [-0.2, 0) is 41.9 Å². The van der Waals surface area contributed by atoms with E-state index in [-0.39, 0.29) is 34.0 Å². The van der Waals surface area contributed by atoms with Gasteiger partial charge in [-0.15, -0.1) is 0 Å². The van der Waals surface area contributed by atoms with E-state index in [9.17, 15) is 9.90 Å². The van der Waals surface area contributed by atoms with Gasteiger partial charge in [-0.05, 0) is 31.2 Å². The quantitative estimate of drug-likeness (QED) is 0.0843. The molecule has 0 aromatic heterocycles. The molecule has 34 heavy (non-hydrogen) atoms. The minimum absolute atomic E-state index is 0. The van der Waals surface area contributed by atoms with Crippen LogP contribution in [-0.4, -0.2) is 42.6 Å². The van der Waals surface area contributed by atoms with E-state index >= 15 is 0 Å². The van der Waals surface area contributed by atoms with Crippen molar-refractivity contribution in [1.29, 1.82) is 0 Å². The number of aliphatic hydroxyl groups excluding tert-OH is 2. The molecule has 6 heteroatoms. The molecule has 1 unspecified atom stereocenters. The molecule has 0 aliphatic heterocycles. The Morgan fingerprint density at radius 3 is 1.94 bits per heavy atom. The molecule has 1 aromatic carbocycles. The van der Waals surface area contributed by atoms with Gasteiger partial charge in [-0.25, -0.2) is 0 Å². The normalized spacial score (nSPS) is 11.3. The third-order valence-electron chi connectivity index (χ3n) is 5.53. The Morgan fingerprint density at radius 1 is 0.794 bits per heavy atom. The molecule has 1 rings (SSSR count). The smallest absolute Gasteiger partial charge is 0.143 e. The number of rotatable bonds is 22. The minimum Gasteiger partial charge on any atom is -0.393 e. The summed E-state index contributed by atoms with van der Waals surface area (Å²) >= 11 is 0. The molecule has 0 saturated carbocycles. The molecule has 0 amide bonds. The van der Waals surface area contributed by atoms with Gasteiger partial charge in [0.1, 0.15) is 13.1 Å². The van der Waals surface area contributed by atoms with E-state index in [0.29, 0.717) is 19.8 Å². The average Bonchev–Trinajstić information content (AvgIpc) is 2.84. The molecule has 198 valence electrons. The fraction of sp³-hybridized carbons (Fsp3) is 0.750. The summed E-state index contributed by atoms with van der Waals surface area (Å²) in [6.45, 7) is 3.87. The monoisotopic (exact) mass is 650 g/mol. The van der Waals surface area contributed by atoms with Gasteiger partial charge in [-0.1, -0.05) is 101 Å². The van der Waals surface area contributed by atoms with Crippen LogP contribution in [0.4, 0.5) is 0 Å². The van der Waals surface area contributed by atoms with Gasteiger partial charge in [0.05, 0.1) is 19.3 Å². The predicted molar refractivity (Wildman–Crippen MR) is 136 cm³/mol. The average molecular weight is 651 g/mol. The molecule has 2 N–H and O–H groups in total. The number of aliphatic hydroxyl groups is 2. The van der Waals surface area contributed by atoms with Crippen LogP contribution in [0.25, 0.3) is 0 Å². The standard InChI is InChI=1S/C17H34O2.C11H16O3.W/c1-2-3-4-8-11-14-17(19)15-12-9-6-5-7-10-13-16-18;12-10-14-8-4-7-13-9-11-5-2-1-3-6-11;/h16-17,19H,2-15H2,1H3;1-3,5-6,12H,4,7-10H2;. The molecule has 0 aliphatic rings. The Hall–Kier alpha value is -0.582. The van der Waals surface area contributed by atoms with Crippen LogP contribution >= 0.6 is 0 Å². The molecule has 0 fully saturated rings. The number of aldehydes is 1. The summed E-state index contributed by atoms with van der Waals surface area (Å²) in [5, 5.41) is 18.2. The summed E-state index contributed by atoms with van der Waals surface area (Å²) in [5.74, 6) is 0. The van der Waals surface area contributed by atoms with Gasteiger partial charge in [-0.2, -0.15) is 0 Å². The second-order valence-corrected chi connectivity index (χ2v) is 8.65. The van der Waals surface area contributed by atoms with Crippen molar-refractivity contribution in [1.82, 2.24) is 0 Å². The number of unbranched alkanes of at least 4 members (excludes halogenated alkanes) is 10. The molecule has 0 radical (unpaired) electrons. The molecule has 1 aromatic rings. The number of benzene rings is 1. The van der Waals surface area contributed by atoms with Crippen LogP contribution in [0.5, 0.6) is 0 Å². The molecule has 1 atom stereocenters. The maximum atomic E-state index is 10.1. The van der Waals surface area contributed by atoms with E-state index in [1.54, 1.807) is 0 Å². The van der Waals surface area contributed by atoms with Gasteiger partial charge in [0, 0.05) is 34.1 Å². The van der Waals surface area contributed by atoms with Gasteiger partial charge in [0.25, 0.3) is 0 Å². The molecule has 0 bridgehead atoms. The van der Waals surface area contributed by atoms with Gasteiger partial charge >= 0.3 is 0 Å². The van der Waals surface area contributed by atoms with E-state index in [4.69, 9.17) is 14.6 Å². The Labute approximate surface area is 223 Å². The van der Waals surface area contributed by atoms with Gasteiger partial charge in [-0.3, -0.25) is 0 Å². The van der Waals surface area contributed by atoms with Crippen molar-refractivity contribution in [3.05, 3.63) is 35.9 Å². The topological polar surface area (TPSA) is 76.0 Å². The Balaban J connectivity index is 0. The number of ether oxygens (including phenoxy) is 2. The summed E-state index contributed by atoms with van der Waals surface area (Å²) in [5.41, 5.74) is 1.18. The van der Waals surface area contributed by atoms with Crippen molar-refractivity contribution in [3.63, 3.8) is 0 Å². The van der Waals surface area contributed by atoms with Crippen LogP contribution in [0.1, 0.15) is 109 Å². The van der Waals surface area contributed by atoms with Gasteiger partial charge in [0.15, 0.2) is 0 Å². The molecule has 0 saturated heterocycles. The number of carbonyl (C=O) groups is 1. The van der Waals surface area contributed by atoms with Crippen LogP contribution in [0, 0.1) is 0 Å². The number of carbonyl (C=O) groups excluding carboxylic acids is 1. The van der Waals surface area contributed by atoms with Crippen molar-refractivity contribution >= 4 is 6.29 Å². The summed E-state index contributed by atoms with van der Waals surface area (Å²) in [7, 11) is 0.